The maximum Gasteiger partial charge on any atom is 0.0414 e. The molecule has 0 fully saturated rings. The Balaban J connectivity index is 2.37. The number of hydrogen-bond acceptors (Lipinski definition) is 1. The second-order valence-corrected chi connectivity index (χ2v) is 5.89. The van der Waals surface area contributed by atoms with E-state index in [1.165, 1.54) is 24.1 Å². The Morgan fingerprint density at radius 2 is 2.00 bits per heavy atom. The summed E-state index contributed by atoms with van der Waals surface area (Å²) in [5, 5.41) is 0. The van der Waals surface area contributed by atoms with Gasteiger partial charge in [-0.3, -0.25) is 4.98 Å². The molecular formula is C13H20BrN. The predicted octanol–water partition coefficient (Wildman–Crippen LogP) is 4.13. The van der Waals surface area contributed by atoms with Crippen LogP contribution >= 0.6 is 15.9 Å². The number of hydrogen-bond donors (Lipinski definition) is 0. The van der Waals surface area contributed by atoms with Crippen LogP contribution < -0.4 is 0 Å². The minimum atomic E-state index is 0.565. The predicted molar refractivity (Wildman–Crippen MR) is 69.5 cm³/mol. The van der Waals surface area contributed by atoms with Gasteiger partial charge in [0.15, 0.2) is 0 Å². The quantitative estimate of drug-likeness (QED) is 0.733. The minimum Gasteiger partial charge on any atom is -0.261 e. The third-order valence-electron chi connectivity index (χ3n) is 2.46. The van der Waals surface area contributed by atoms with Crippen molar-refractivity contribution in [1.29, 1.82) is 0 Å². The number of alkyl halides is 1. The van der Waals surface area contributed by atoms with E-state index in [9.17, 15) is 0 Å². The fourth-order valence-electron chi connectivity index (χ4n) is 1.46. The number of nitrogens with zero attached hydrogens (tertiary/aromatic N) is 1. The number of halogens is 1. The van der Waals surface area contributed by atoms with Gasteiger partial charge < -0.3 is 0 Å². The van der Waals surface area contributed by atoms with Gasteiger partial charge in [-0.25, -0.2) is 0 Å². The fraction of sp³-hybridized carbons (Fsp3) is 0.615. The van der Waals surface area contributed by atoms with Crippen LogP contribution in [0.5, 0.6) is 0 Å². The summed E-state index contributed by atoms with van der Waals surface area (Å²) < 4.78 is 0. The molecule has 0 aromatic carbocycles. The molecule has 15 heavy (non-hydrogen) atoms. The van der Waals surface area contributed by atoms with Crippen LogP contribution in [0.3, 0.4) is 0 Å². The molecule has 0 amide bonds. The van der Waals surface area contributed by atoms with Crippen LogP contribution in [0.15, 0.2) is 18.3 Å². The fourth-order valence-corrected chi connectivity index (χ4v) is 2.06. The molecule has 0 aliphatic heterocycles. The van der Waals surface area contributed by atoms with Crippen molar-refractivity contribution >= 4 is 15.9 Å². The summed E-state index contributed by atoms with van der Waals surface area (Å²) in [6.07, 6.45) is 5.49. The molecule has 1 unspecified atom stereocenters. The van der Waals surface area contributed by atoms with E-state index in [1.807, 2.05) is 6.20 Å². The van der Waals surface area contributed by atoms with Crippen molar-refractivity contribution in [2.75, 3.05) is 0 Å². The molecule has 1 aromatic rings. The van der Waals surface area contributed by atoms with Crippen molar-refractivity contribution in [3.05, 3.63) is 29.6 Å². The molecular weight excluding hydrogens is 250 g/mol. The summed E-state index contributed by atoms with van der Waals surface area (Å²) in [4.78, 5) is 4.98. The number of pyridine rings is 1. The molecule has 0 saturated carbocycles. The van der Waals surface area contributed by atoms with E-state index in [0.29, 0.717) is 4.83 Å². The van der Waals surface area contributed by atoms with E-state index >= 15 is 0 Å². The smallest absolute Gasteiger partial charge is 0.0414 e. The summed E-state index contributed by atoms with van der Waals surface area (Å²) in [5.41, 5.74) is 2.42. The molecule has 1 atom stereocenters. The molecule has 1 heterocycles. The van der Waals surface area contributed by atoms with Gasteiger partial charge in [0.05, 0.1) is 0 Å². The lowest BCUT2D eigenvalue weighted by Gasteiger charge is -2.10. The van der Waals surface area contributed by atoms with E-state index in [1.54, 1.807) is 0 Å². The molecule has 2 heteroatoms. The second kappa shape index (κ2) is 6.26. The molecule has 0 aliphatic rings. The summed E-state index contributed by atoms with van der Waals surface area (Å²) in [7, 11) is 0. The normalized spacial score (nSPS) is 13.1. The lowest BCUT2D eigenvalue weighted by molar-refractivity contribution is 0.546. The monoisotopic (exact) mass is 269 g/mol. The van der Waals surface area contributed by atoms with E-state index in [-0.39, 0.29) is 0 Å². The zero-order valence-corrected chi connectivity index (χ0v) is 11.4. The first-order chi connectivity index (χ1) is 7.08. The average molecular weight is 270 g/mol. The van der Waals surface area contributed by atoms with Gasteiger partial charge in [-0.05, 0) is 37.3 Å². The summed E-state index contributed by atoms with van der Waals surface area (Å²) in [5.74, 6) is 0.788. The van der Waals surface area contributed by atoms with Gasteiger partial charge in [-0.15, -0.1) is 0 Å². The van der Waals surface area contributed by atoms with Crippen LogP contribution in [-0.2, 0) is 6.42 Å². The Labute approximate surface area is 101 Å². The number of aryl methyl sites for hydroxylation is 1. The van der Waals surface area contributed by atoms with Crippen LogP contribution in [0.1, 0.15) is 37.9 Å². The zero-order valence-electron chi connectivity index (χ0n) is 9.83. The van der Waals surface area contributed by atoms with Crippen LogP contribution in [-0.4, -0.2) is 9.81 Å². The standard InChI is InChI=1S/C13H20BrN/c1-10(2)4-6-12(14)8-13-7-5-11(3)9-15-13/h5,7,9-10,12H,4,6,8H2,1-3H3. The largest absolute Gasteiger partial charge is 0.261 e. The molecule has 0 spiro atoms. The molecule has 0 N–H and O–H groups in total. The van der Waals surface area contributed by atoms with Gasteiger partial charge in [0.2, 0.25) is 0 Å². The molecule has 1 nitrogen and oxygen atoms in total. The van der Waals surface area contributed by atoms with Gasteiger partial charge in [0, 0.05) is 23.1 Å². The SMILES string of the molecule is Cc1ccc(CC(Br)CCC(C)C)nc1. The topological polar surface area (TPSA) is 12.9 Å². The Bertz CT molecular complexity index is 279. The molecule has 1 aromatic heterocycles. The maximum absolute atomic E-state index is 4.42. The van der Waals surface area contributed by atoms with Gasteiger partial charge in [-0.1, -0.05) is 35.8 Å². The summed E-state index contributed by atoms with van der Waals surface area (Å²) >= 11 is 3.72. The van der Waals surface area contributed by atoms with Crippen molar-refractivity contribution in [3.63, 3.8) is 0 Å². The van der Waals surface area contributed by atoms with E-state index < -0.39 is 0 Å². The zero-order chi connectivity index (χ0) is 11.3. The summed E-state index contributed by atoms with van der Waals surface area (Å²) in [6.45, 7) is 6.61. The van der Waals surface area contributed by atoms with Crippen molar-refractivity contribution in [2.45, 2.75) is 44.9 Å². The van der Waals surface area contributed by atoms with Crippen LogP contribution in [0.4, 0.5) is 0 Å². The first-order valence-electron chi connectivity index (χ1n) is 5.63. The summed E-state index contributed by atoms with van der Waals surface area (Å²) in [6, 6.07) is 4.25. The van der Waals surface area contributed by atoms with Crippen molar-refractivity contribution in [3.8, 4) is 0 Å². The molecule has 0 radical (unpaired) electrons. The first-order valence-corrected chi connectivity index (χ1v) is 6.55. The maximum atomic E-state index is 4.42. The van der Waals surface area contributed by atoms with Gasteiger partial charge in [0.25, 0.3) is 0 Å². The highest BCUT2D eigenvalue weighted by Gasteiger charge is 2.07. The van der Waals surface area contributed by atoms with Crippen LogP contribution in [0.2, 0.25) is 0 Å². The number of rotatable bonds is 5. The number of aromatic nitrogens is 1. The van der Waals surface area contributed by atoms with Crippen molar-refractivity contribution in [1.82, 2.24) is 4.98 Å². The van der Waals surface area contributed by atoms with Crippen molar-refractivity contribution < 1.29 is 0 Å². The van der Waals surface area contributed by atoms with E-state index in [4.69, 9.17) is 0 Å². The van der Waals surface area contributed by atoms with Gasteiger partial charge in [-0.2, -0.15) is 0 Å². The Kier molecular flexibility index (Phi) is 5.30. The Hall–Kier alpha value is -0.370. The lowest BCUT2D eigenvalue weighted by Crippen LogP contribution is -2.05. The lowest BCUT2D eigenvalue weighted by atomic mass is 10.0. The molecule has 0 aliphatic carbocycles. The van der Waals surface area contributed by atoms with E-state index in [2.05, 4.69) is 53.8 Å². The van der Waals surface area contributed by atoms with Gasteiger partial charge >= 0.3 is 0 Å². The van der Waals surface area contributed by atoms with Crippen LogP contribution in [0.25, 0.3) is 0 Å². The first kappa shape index (κ1) is 12.7. The van der Waals surface area contributed by atoms with Gasteiger partial charge in [0.1, 0.15) is 0 Å². The molecule has 1 rings (SSSR count). The Morgan fingerprint density at radius 3 is 2.53 bits per heavy atom. The molecule has 84 valence electrons. The molecule has 0 saturated heterocycles. The van der Waals surface area contributed by atoms with Crippen molar-refractivity contribution in [2.24, 2.45) is 5.92 Å². The third kappa shape index (κ3) is 5.31. The molecule has 0 bridgehead atoms. The third-order valence-corrected chi connectivity index (χ3v) is 3.24. The highest BCUT2D eigenvalue weighted by atomic mass is 79.9. The highest BCUT2D eigenvalue weighted by Crippen LogP contribution is 2.17. The average Bonchev–Trinajstić information content (AvgIpc) is 2.19. The second-order valence-electron chi connectivity index (χ2n) is 4.60. The minimum absolute atomic E-state index is 0.565. The van der Waals surface area contributed by atoms with Crippen LogP contribution in [0, 0.1) is 12.8 Å². The highest BCUT2D eigenvalue weighted by molar-refractivity contribution is 9.09. The Morgan fingerprint density at radius 1 is 1.27 bits per heavy atom. The van der Waals surface area contributed by atoms with E-state index in [0.717, 1.165) is 12.3 Å².